The average Bonchev–Trinajstić information content (AvgIpc) is 2.15. The lowest BCUT2D eigenvalue weighted by Crippen LogP contribution is -2.49. The van der Waals surface area contributed by atoms with Crippen LogP contribution in [0, 0.1) is 11.3 Å². The molecular weight excluding hydrogens is 174 g/mol. The Morgan fingerprint density at radius 2 is 2.14 bits per heavy atom. The van der Waals surface area contributed by atoms with Crippen LogP contribution in [0.1, 0.15) is 40.5 Å². The predicted octanol–water partition coefficient (Wildman–Crippen LogP) is 2.13. The number of rotatable bonds is 3. The molecule has 1 rings (SSSR count). The smallest absolute Gasteiger partial charge is 0.0465 e. The van der Waals surface area contributed by atoms with Crippen LogP contribution in [0.4, 0.5) is 0 Å². The molecule has 0 saturated carbocycles. The SMILES string of the molecule is CCC(C)N1CCC(CO)C(C)(C)C1. The molecule has 0 bridgehead atoms. The summed E-state index contributed by atoms with van der Waals surface area (Å²) in [6.45, 7) is 11.7. The van der Waals surface area contributed by atoms with Crippen molar-refractivity contribution in [3.63, 3.8) is 0 Å². The highest BCUT2D eigenvalue weighted by Gasteiger charge is 2.36. The molecule has 2 heteroatoms. The second-order valence-electron chi connectivity index (χ2n) is 5.38. The van der Waals surface area contributed by atoms with Crippen molar-refractivity contribution in [2.24, 2.45) is 11.3 Å². The van der Waals surface area contributed by atoms with E-state index in [9.17, 15) is 5.11 Å². The van der Waals surface area contributed by atoms with Crippen LogP contribution in [0.5, 0.6) is 0 Å². The lowest BCUT2D eigenvalue weighted by Gasteiger charge is -2.45. The third-order valence-corrected chi connectivity index (χ3v) is 3.92. The van der Waals surface area contributed by atoms with Crippen LogP contribution in [0.3, 0.4) is 0 Å². The normalized spacial score (nSPS) is 30.2. The van der Waals surface area contributed by atoms with Gasteiger partial charge in [-0.15, -0.1) is 0 Å². The molecule has 0 radical (unpaired) electrons. The van der Waals surface area contributed by atoms with E-state index in [1.807, 2.05) is 0 Å². The van der Waals surface area contributed by atoms with E-state index in [2.05, 4.69) is 32.6 Å². The summed E-state index contributed by atoms with van der Waals surface area (Å²) in [6, 6.07) is 0.689. The zero-order valence-electron chi connectivity index (χ0n) is 10.1. The minimum Gasteiger partial charge on any atom is -0.396 e. The molecule has 1 heterocycles. The molecule has 0 amide bonds. The van der Waals surface area contributed by atoms with E-state index in [0.29, 0.717) is 18.6 Å². The number of piperidine rings is 1. The Balaban J connectivity index is 2.58. The maximum atomic E-state index is 9.29. The Morgan fingerprint density at radius 1 is 1.50 bits per heavy atom. The van der Waals surface area contributed by atoms with Crippen LogP contribution in [0.15, 0.2) is 0 Å². The first-order valence-electron chi connectivity index (χ1n) is 5.86. The maximum absolute atomic E-state index is 9.29. The van der Waals surface area contributed by atoms with Gasteiger partial charge in [0.05, 0.1) is 0 Å². The highest BCUT2D eigenvalue weighted by Crippen LogP contribution is 2.35. The van der Waals surface area contributed by atoms with E-state index < -0.39 is 0 Å². The van der Waals surface area contributed by atoms with Gasteiger partial charge in [0.1, 0.15) is 0 Å². The minimum atomic E-state index is 0.274. The summed E-state index contributed by atoms with van der Waals surface area (Å²) in [6.07, 6.45) is 2.37. The van der Waals surface area contributed by atoms with E-state index >= 15 is 0 Å². The van der Waals surface area contributed by atoms with Crippen molar-refractivity contribution in [1.82, 2.24) is 4.90 Å². The van der Waals surface area contributed by atoms with E-state index in [-0.39, 0.29) is 5.41 Å². The summed E-state index contributed by atoms with van der Waals surface area (Å²) >= 11 is 0. The van der Waals surface area contributed by atoms with E-state index in [1.165, 1.54) is 6.42 Å². The van der Waals surface area contributed by atoms with Crippen molar-refractivity contribution < 1.29 is 5.11 Å². The van der Waals surface area contributed by atoms with Crippen molar-refractivity contribution in [3.05, 3.63) is 0 Å². The fraction of sp³-hybridized carbons (Fsp3) is 1.00. The number of aliphatic hydroxyl groups is 1. The minimum absolute atomic E-state index is 0.274. The molecule has 0 aromatic rings. The molecule has 14 heavy (non-hydrogen) atoms. The van der Waals surface area contributed by atoms with Crippen LogP contribution < -0.4 is 0 Å². The number of nitrogens with zero attached hydrogens (tertiary/aromatic N) is 1. The molecule has 0 aromatic carbocycles. The molecule has 1 fully saturated rings. The number of hydrogen-bond acceptors (Lipinski definition) is 2. The third-order valence-electron chi connectivity index (χ3n) is 3.92. The fourth-order valence-corrected chi connectivity index (χ4v) is 2.42. The number of aliphatic hydroxyl groups excluding tert-OH is 1. The molecule has 1 aliphatic heterocycles. The zero-order valence-corrected chi connectivity index (χ0v) is 10.1. The maximum Gasteiger partial charge on any atom is 0.0465 e. The van der Waals surface area contributed by atoms with Crippen molar-refractivity contribution in [2.45, 2.75) is 46.6 Å². The van der Waals surface area contributed by atoms with Gasteiger partial charge in [0.2, 0.25) is 0 Å². The molecule has 0 aliphatic carbocycles. The Kier molecular flexibility index (Phi) is 3.96. The van der Waals surface area contributed by atoms with Gasteiger partial charge in [0.15, 0.2) is 0 Å². The molecule has 0 aromatic heterocycles. The van der Waals surface area contributed by atoms with E-state index in [0.717, 1.165) is 19.5 Å². The van der Waals surface area contributed by atoms with Crippen LogP contribution in [0.2, 0.25) is 0 Å². The second-order valence-corrected chi connectivity index (χ2v) is 5.38. The summed E-state index contributed by atoms with van der Waals surface area (Å²) in [5.41, 5.74) is 0.274. The molecule has 84 valence electrons. The van der Waals surface area contributed by atoms with Gasteiger partial charge < -0.3 is 10.0 Å². The van der Waals surface area contributed by atoms with Crippen LogP contribution >= 0.6 is 0 Å². The monoisotopic (exact) mass is 199 g/mol. The lowest BCUT2D eigenvalue weighted by molar-refractivity contribution is 0.00429. The Morgan fingerprint density at radius 3 is 2.57 bits per heavy atom. The van der Waals surface area contributed by atoms with Gasteiger partial charge >= 0.3 is 0 Å². The summed E-state index contributed by atoms with van der Waals surface area (Å²) in [5, 5.41) is 9.29. The Hall–Kier alpha value is -0.0800. The van der Waals surface area contributed by atoms with Gasteiger partial charge in [-0.25, -0.2) is 0 Å². The van der Waals surface area contributed by atoms with Crippen LogP contribution in [0.25, 0.3) is 0 Å². The highest BCUT2D eigenvalue weighted by atomic mass is 16.3. The fourth-order valence-electron chi connectivity index (χ4n) is 2.42. The molecule has 1 N–H and O–H groups in total. The number of hydrogen-bond donors (Lipinski definition) is 1. The number of likely N-dealkylation sites (tertiary alicyclic amines) is 1. The van der Waals surface area contributed by atoms with Gasteiger partial charge in [-0.2, -0.15) is 0 Å². The van der Waals surface area contributed by atoms with Crippen LogP contribution in [-0.2, 0) is 0 Å². The van der Waals surface area contributed by atoms with Crippen molar-refractivity contribution >= 4 is 0 Å². The second kappa shape index (κ2) is 4.63. The predicted molar refractivity (Wildman–Crippen MR) is 60.3 cm³/mol. The molecule has 0 spiro atoms. The van der Waals surface area contributed by atoms with E-state index in [4.69, 9.17) is 0 Å². The highest BCUT2D eigenvalue weighted by molar-refractivity contribution is 4.88. The van der Waals surface area contributed by atoms with E-state index in [1.54, 1.807) is 0 Å². The van der Waals surface area contributed by atoms with Gasteiger partial charge in [-0.1, -0.05) is 20.8 Å². The molecule has 1 aliphatic rings. The molecule has 2 atom stereocenters. The Bertz CT molecular complexity index is 179. The quantitative estimate of drug-likeness (QED) is 0.752. The summed E-state index contributed by atoms with van der Waals surface area (Å²) in [5.74, 6) is 0.489. The topological polar surface area (TPSA) is 23.5 Å². The molecular formula is C12H25NO. The van der Waals surface area contributed by atoms with Crippen molar-refractivity contribution in [1.29, 1.82) is 0 Å². The first-order valence-corrected chi connectivity index (χ1v) is 5.86. The van der Waals surface area contributed by atoms with Gasteiger partial charge in [0.25, 0.3) is 0 Å². The van der Waals surface area contributed by atoms with Gasteiger partial charge in [0, 0.05) is 19.2 Å². The largest absolute Gasteiger partial charge is 0.396 e. The van der Waals surface area contributed by atoms with Crippen molar-refractivity contribution in [2.75, 3.05) is 19.7 Å². The lowest BCUT2D eigenvalue weighted by atomic mass is 9.74. The summed E-state index contributed by atoms with van der Waals surface area (Å²) < 4.78 is 0. The van der Waals surface area contributed by atoms with Crippen molar-refractivity contribution in [3.8, 4) is 0 Å². The Labute approximate surface area is 88.3 Å². The molecule has 1 saturated heterocycles. The zero-order chi connectivity index (χ0) is 10.8. The molecule has 2 unspecified atom stereocenters. The first kappa shape index (κ1) is 12.0. The molecule has 2 nitrogen and oxygen atoms in total. The standard InChI is InChI=1S/C12H25NO/c1-5-10(2)13-7-6-11(8-14)12(3,4)9-13/h10-11,14H,5-9H2,1-4H3. The summed E-state index contributed by atoms with van der Waals surface area (Å²) in [7, 11) is 0. The average molecular weight is 199 g/mol. The van der Waals surface area contributed by atoms with Gasteiger partial charge in [-0.3, -0.25) is 0 Å². The first-order chi connectivity index (χ1) is 6.51. The summed E-state index contributed by atoms with van der Waals surface area (Å²) in [4.78, 5) is 2.56. The third kappa shape index (κ3) is 2.48. The van der Waals surface area contributed by atoms with Gasteiger partial charge in [-0.05, 0) is 37.6 Å². The van der Waals surface area contributed by atoms with Crippen LogP contribution in [-0.4, -0.2) is 35.7 Å².